The number of hydrogen-bond donors (Lipinski definition) is 3. The molecule has 0 bridgehead atoms. The van der Waals surface area contributed by atoms with E-state index in [2.05, 4.69) is 10.6 Å². The molecule has 1 aliphatic rings. The maximum Gasteiger partial charge on any atom is 0.328 e. The molecule has 1 aliphatic heterocycles. The Labute approximate surface area is 109 Å². The van der Waals surface area contributed by atoms with Crippen LogP contribution in [0.2, 0.25) is 0 Å². The second-order valence-electron chi connectivity index (χ2n) is 4.60. The SMILES string of the molecule is CC(C)(Nc1ccc2c(c1)NC(=O)CS2)C(=O)O. The maximum atomic E-state index is 11.3. The third-order valence-corrected chi connectivity index (χ3v) is 3.68. The van der Waals surface area contributed by atoms with Crippen molar-refractivity contribution in [3.8, 4) is 0 Å². The molecule has 1 aromatic carbocycles. The molecule has 0 unspecified atom stereocenters. The van der Waals surface area contributed by atoms with Gasteiger partial charge in [0.05, 0.1) is 11.4 Å². The van der Waals surface area contributed by atoms with Crippen molar-refractivity contribution in [3.63, 3.8) is 0 Å². The monoisotopic (exact) mass is 266 g/mol. The molecule has 0 fully saturated rings. The van der Waals surface area contributed by atoms with Crippen LogP contribution in [-0.4, -0.2) is 28.3 Å². The van der Waals surface area contributed by atoms with Crippen molar-refractivity contribution >= 4 is 35.0 Å². The van der Waals surface area contributed by atoms with Gasteiger partial charge in [0.2, 0.25) is 5.91 Å². The van der Waals surface area contributed by atoms with Crippen LogP contribution in [0, 0.1) is 0 Å². The number of nitrogens with one attached hydrogen (secondary N) is 2. The molecule has 96 valence electrons. The highest BCUT2D eigenvalue weighted by Gasteiger charge is 2.27. The van der Waals surface area contributed by atoms with E-state index in [0.717, 1.165) is 10.6 Å². The van der Waals surface area contributed by atoms with E-state index in [1.165, 1.54) is 11.8 Å². The van der Waals surface area contributed by atoms with Crippen LogP contribution in [0.4, 0.5) is 11.4 Å². The Balaban J connectivity index is 2.24. The molecule has 0 atom stereocenters. The number of aliphatic carboxylic acids is 1. The van der Waals surface area contributed by atoms with Gasteiger partial charge in [0, 0.05) is 10.6 Å². The number of amides is 1. The number of thioether (sulfide) groups is 1. The number of anilines is 2. The number of carboxylic acid groups (broad SMARTS) is 1. The Morgan fingerprint density at radius 3 is 2.89 bits per heavy atom. The number of carboxylic acids is 1. The molecule has 1 amide bonds. The second kappa shape index (κ2) is 4.53. The molecule has 5 nitrogen and oxygen atoms in total. The summed E-state index contributed by atoms with van der Waals surface area (Å²) < 4.78 is 0. The molecule has 0 spiro atoms. The fraction of sp³-hybridized carbons (Fsp3) is 0.333. The number of fused-ring (bicyclic) bond motifs is 1. The van der Waals surface area contributed by atoms with Crippen LogP contribution in [0.1, 0.15) is 13.8 Å². The Morgan fingerprint density at radius 2 is 2.22 bits per heavy atom. The molecule has 1 heterocycles. The molecule has 6 heteroatoms. The third kappa shape index (κ3) is 2.59. The van der Waals surface area contributed by atoms with E-state index >= 15 is 0 Å². The van der Waals surface area contributed by atoms with Crippen molar-refractivity contribution in [3.05, 3.63) is 18.2 Å². The van der Waals surface area contributed by atoms with Gasteiger partial charge in [-0.05, 0) is 32.0 Å². The fourth-order valence-electron chi connectivity index (χ4n) is 1.58. The van der Waals surface area contributed by atoms with E-state index in [0.29, 0.717) is 11.4 Å². The zero-order chi connectivity index (χ0) is 13.3. The van der Waals surface area contributed by atoms with Gasteiger partial charge in [-0.1, -0.05) is 0 Å². The minimum atomic E-state index is -1.06. The van der Waals surface area contributed by atoms with Gasteiger partial charge < -0.3 is 15.7 Å². The van der Waals surface area contributed by atoms with Crippen molar-refractivity contribution in [1.29, 1.82) is 0 Å². The average Bonchev–Trinajstić information content (AvgIpc) is 2.27. The van der Waals surface area contributed by atoms with Crippen LogP contribution in [0.25, 0.3) is 0 Å². The molecule has 3 N–H and O–H groups in total. The minimum absolute atomic E-state index is 0.0397. The summed E-state index contributed by atoms with van der Waals surface area (Å²) in [5, 5.41) is 14.7. The van der Waals surface area contributed by atoms with Crippen molar-refractivity contribution in [2.24, 2.45) is 0 Å². The summed E-state index contributed by atoms with van der Waals surface area (Å²) in [5.41, 5.74) is 0.339. The van der Waals surface area contributed by atoms with Gasteiger partial charge in [-0.15, -0.1) is 11.8 Å². The van der Waals surface area contributed by atoms with Crippen LogP contribution in [0.5, 0.6) is 0 Å². The van der Waals surface area contributed by atoms with Crippen LogP contribution in [-0.2, 0) is 9.59 Å². The van der Waals surface area contributed by atoms with Crippen molar-refractivity contribution in [2.75, 3.05) is 16.4 Å². The molecule has 18 heavy (non-hydrogen) atoms. The van der Waals surface area contributed by atoms with Crippen LogP contribution in [0.15, 0.2) is 23.1 Å². The predicted octanol–water partition coefficient (Wildman–Crippen LogP) is 2.01. The van der Waals surface area contributed by atoms with Gasteiger partial charge in [0.15, 0.2) is 0 Å². The number of benzene rings is 1. The van der Waals surface area contributed by atoms with E-state index in [1.807, 2.05) is 12.1 Å². The molecule has 0 radical (unpaired) electrons. The molecule has 1 aromatic rings. The molecule has 0 aliphatic carbocycles. The molecular formula is C12H14N2O3S. The highest BCUT2D eigenvalue weighted by Crippen LogP contribution is 2.33. The van der Waals surface area contributed by atoms with Crippen molar-refractivity contribution in [2.45, 2.75) is 24.3 Å². The number of hydrogen-bond acceptors (Lipinski definition) is 4. The smallest absolute Gasteiger partial charge is 0.328 e. The first-order valence-electron chi connectivity index (χ1n) is 5.47. The van der Waals surface area contributed by atoms with E-state index in [4.69, 9.17) is 5.11 Å². The van der Waals surface area contributed by atoms with Gasteiger partial charge in [-0.25, -0.2) is 4.79 Å². The Morgan fingerprint density at radius 1 is 1.50 bits per heavy atom. The topological polar surface area (TPSA) is 78.4 Å². The van der Waals surface area contributed by atoms with E-state index in [1.54, 1.807) is 19.9 Å². The van der Waals surface area contributed by atoms with E-state index in [-0.39, 0.29) is 5.91 Å². The normalized spacial score (nSPS) is 14.7. The molecule has 0 saturated heterocycles. The highest BCUT2D eigenvalue weighted by molar-refractivity contribution is 8.00. The Bertz CT molecular complexity index is 514. The summed E-state index contributed by atoms with van der Waals surface area (Å²) in [6.07, 6.45) is 0. The number of carbonyl (C=O) groups is 2. The predicted molar refractivity (Wildman–Crippen MR) is 71.1 cm³/mol. The Hall–Kier alpha value is -1.69. The largest absolute Gasteiger partial charge is 0.480 e. The van der Waals surface area contributed by atoms with Crippen LogP contribution < -0.4 is 10.6 Å². The van der Waals surface area contributed by atoms with Gasteiger partial charge in [0.1, 0.15) is 5.54 Å². The zero-order valence-electron chi connectivity index (χ0n) is 10.1. The van der Waals surface area contributed by atoms with Gasteiger partial charge in [-0.2, -0.15) is 0 Å². The zero-order valence-corrected chi connectivity index (χ0v) is 10.9. The summed E-state index contributed by atoms with van der Waals surface area (Å²) in [5.74, 6) is -0.554. The lowest BCUT2D eigenvalue weighted by Gasteiger charge is -2.24. The lowest BCUT2D eigenvalue weighted by Crippen LogP contribution is -2.39. The fourth-order valence-corrected chi connectivity index (χ4v) is 2.36. The third-order valence-electron chi connectivity index (χ3n) is 2.60. The van der Waals surface area contributed by atoms with Gasteiger partial charge >= 0.3 is 5.97 Å². The maximum absolute atomic E-state index is 11.3. The molecular weight excluding hydrogens is 252 g/mol. The summed E-state index contributed by atoms with van der Waals surface area (Å²) >= 11 is 1.47. The minimum Gasteiger partial charge on any atom is -0.480 e. The summed E-state index contributed by atoms with van der Waals surface area (Å²) in [6.45, 7) is 3.17. The summed E-state index contributed by atoms with van der Waals surface area (Å²) in [6, 6.07) is 5.44. The van der Waals surface area contributed by atoms with Crippen molar-refractivity contribution < 1.29 is 14.7 Å². The highest BCUT2D eigenvalue weighted by atomic mass is 32.2. The second-order valence-corrected chi connectivity index (χ2v) is 5.62. The lowest BCUT2D eigenvalue weighted by atomic mass is 10.1. The molecule has 0 saturated carbocycles. The van der Waals surface area contributed by atoms with Crippen molar-refractivity contribution in [1.82, 2.24) is 0 Å². The lowest BCUT2D eigenvalue weighted by molar-refractivity contribution is -0.141. The first kappa shape index (κ1) is 12.8. The molecule has 2 rings (SSSR count). The van der Waals surface area contributed by atoms with Crippen LogP contribution >= 0.6 is 11.8 Å². The number of carbonyl (C=O) groups excluding carboxylic acids is 1. The number of rotatable bonds is 3. The van der Waals surface area contributed by atoms with Gasteiger partial charge in [-0.3, -0.25) is 4.79 Å². The first-order valence-corrected chi connectivity index (χ1v) is 6.45. The van der Waals surface area contributed by atoms with Crippen LogP contribution in [0.3, 0.4) is 0 Å². The summed E-state index contributed by atoms with van der Waals surface area (Å²) in [7, 11) is 0. The van der Waals surface area contributed by atoms with E-state index in [9.17, 15) is 9.59 Å². The van der Waals surface area contributed by atoms with Gasteiger partial charge in [0.25, 0.3) is 0 Å². The first-order chi connectivity index (χ1) is 8.38. The summed E-state index contributed by atoms with van der Waals surface area (Å²) in [4.78, 5) is 23.3. The standard InChI is InChI=1S/C12H14N2O3S/c1-12(2,11(16)17)14-7-3-4-9-8(5-7)13-10(15)6-18-9/h3-5,14H,6H2,1-2H3,(H,13,15)(H,16,17). The average molecular weight is 266 g/mol. The Kier molecular flexibility index (Phi) is 3.21. The molecule has 0 aromatic heterocycles. The van der Waals surface area contributed by atoms with E-state index < -0.39 is 11.5 Å². The quantitative estimate of drug-likeness (QED) is 0.780.